The molecule has 17 heavy (non-hydrogen) atoms. The molecule has 1 fully saturated rings. The summed E-state index contributed by atoms with van der Waals surface area (Å²) in [4.78, 5) is 10.4. The van der Waals surface area contributed by atoms with Crippen LogP contribution in [0.3, 0.4) is 0 Å². The summed E-state index contributed by atoms with van der Waals surface area (Å²) in [6.07, 6.45) is 7.22. The number of anilines is 2. The zero-order valence-electron chi connectivity index (χ0n) is 9.41. The van der Waals surface area contributed by atoms with E-state index in [4.69, 9.17) is 10.2 Å². The Morgan fingerprint density at radius 1 is 1.47 bits per heavy atom. The number of nitrogen functional groups attached to an aromatic ring is 1. The molecule has 0 amide bonds. The van der Waals surface area contributed by atoms with Crippen molar-refractivity contribution in [1.29, 1.82) is 0 Å². The average Bonchev–Trinajstić information content (AvgIpc) is 3.05. The predicted octanol–water partition coefficient (Wildman–Crippen LogP) is 1.82. The third-order valence-corrected chi connectivity index (χ3v) is 2.88. The normalized spacial score (nSPS) is 14.8. The molecular formula is C12H14N4O. The van der Waals surface area contributed by atoms with Crippen molar-refractivity contribution in [3.8, 4) is 0 Å². The van der Waals surface area contributed by atoms with E-state index in [2.05, 4.69) is 14.9 Å². The SMILES string of the molecule is Nc1cncnc1N(Cc1ccco1)C1CC1. The number of hydrogen-bond donors (Lipinski definition) is 1. The molecule has 1 aliphatic rings. The fourth-order valence-corrected chi connectivity index (χ4v) is 1.91. The van der Waals surface area contributed by atoms with Crippen molar-refractivity contribution in [2.75, 3.05) is 10.6 Å². The third kappa shape index (κ3) is 2.08. The molecule has 1 saturated carbocycles. The van der Waals surface area contributed by atoms with Crippen molar-refractivity contribution in [3.63, 3.8) is 0 Å². The van der Waals surface area contributed by atoms with E-state index in [1.165, 1.54) is 19.2 Å². The summed E-state index contributed by atoms with van der Waals surface area (Å²) in [5.74, 6) is 1.73. The zero-order valence-corrected chi connectivity index (χ0v) is 9.41. The third-order valence-electron chi connectivity index (χ3n) is 2.88. The lowest BCUT2D eigenvalue weighted by molar-refractivity contribution is 0.500. The Bertz CT molecular complexity index is 493. The van der Waals surface area contributed by atoms with Crippen molar-refractivity contribution in [3.05, 3.63) is 36.7 Å². The van der Waals surface area contributed by atoms with Gasteiger partial charge in [-0.3, -0.25) is 0 Å². The highest BCUT2D eigenvalue weighted by atomic mass is 16.3. The van der Waals surface area contributed by atoms with Crippen LogP contribution in [-0.4, -0.2) is 16.0 Å². The second-order valence-electron chi connectivity index (χ2n) is 4.24. The Morgan fingerprint density at radius 3 is 3.00 bits per heavy atom. The van der Waals surface area contributed by atoms with Gasteiger partial charge in [0.05, 0.1) is 24.7 Å². The van der Waals surface area contributed by atoms with Crippen molar-refractivity contribution < 1.29 is 4.42 Å². The number of hydrogen-bond acceptors (Lipinski definition) is 5. The van der Waals surface area contributed by atoms with Crippen molar-refractivity contribution in [1.82, 2.24) is 9.97 Å². The minimum atomic E-state index is 0.525. The van der Waals surface area contributed by atoms with Gasteiger partial charge in [-0.1, -0.05) is 0 Å². The summed E-state index contributed by atoms with van der Waals surface area (Å²) in [6, 6.07) is 4.38. The molecule has 0 bridgehead atoms. The van der Waals surface area contributed by atoms with Crippen LogP contribution < -0.4 is 10.6 Å². The molecule has 0 aliphatic heterocycles. The molecule has 0 unspecified atom stereocenters. The molecule has 0 aromatic carbocycles. The van der Waals surface area contributed by atoms with E-state index in [1.807, 2.05) is 12.1 Å². The Balaban J connectivity index is 1.88. The average molecular weight is 230 g/mol. The Morgan fingerprint density at radius 2 is 2.35 bits per heavy atom. The fourth-order valence-electron chi connectivity index (χ4n) is 1.91. The van der Waals surface area contributed by atoms with Gasteiger partial charge in [-0.2, -0.15) is 0 Å². The minimum Gasteiger partial charge on any atom is -0.467 e. The second kappa shape index (κ2) is 4.08. The molecule has 0 saturated heterocycles. The Labute approximate surface area is 99.3 Å². The molecule has 0 radical (unpaired) electrons. The first-order valence-corrected chi connectivity index (χ1v) is 5.69. The summed E-state index contributed by atoms with van der Waals surface area (Å²) in [7, 11) is 0. The molecule has 2 N–H and O–H groups in total. The second-order valence-corrected chi connectivity index (χ2v) is 4.24. The fraction of sp³-hybridized carbons (Fsp3) is 0.333. The minimum absolute atomic E-state index is 0.525. The maximum Gasteiger partial charge on any atom is 0.155 e. The molecule has 1 aliphatic carbocycles. The van der Waals surface area contributed by atoms with E-state index < -0.39 is 0 Å². The predicted molar refractivity (Wildman–Crippen MR) is 64.4 cm³/mol. The molecule has 0 spiro atoms. The van der Waals surface area contributed by atoms with Crippen molar-refractivity contribution in [2.45, 2.75) is 25.4 Å². The van der Waals surface area contributed by atoms with Crippen LogP contribution in [0.1, 0.15) is 18.6 Å². The van der Waals surface area contributed by atoms with Crippen molar-refractivity contribution >= 4 is 11.5 Å². The summed E-state index contributed by atoms with van der Waals surface area (Å²) < 4.78 is 5.38. The lowest BCUT2D eigenvalue weighted by Crippen LogP contribution is -2.26. The number of nitrogens with two attached hydrogens (primary N) is 1. The summed E-state index contributed by atoms with van der Waals surface area (Å²) >= 11 is 0. The lowest BCUT2D eigenvalue weighted by atomic mass is 10.3. The van der Waals surface area contributed by atoms with Gasteiger partial charge in [0, 0.05) is 6.04 Å². The zero-order chi connectivity index (χ0) is 11.7. The van der Waals surface area contributed by atoms with E-state index in [9.17, 15) is 0 Å². The number of furan rings is 1. The summed E-state index contributed by atoms with van der Waals surface area (Å²) in [5.41, 5.74) is 6.54. The van der Waals surface area contributed by atoms with Crippen LogP contribution in [0.25, 0.3) is 0 Å². The molecular weight excluding hydrogens is 216 g/mol. The molecule has 5 nitrogen and oxygen atoms in total. The van der Waals surface area contributed by atoms with Gasteiger partial charge in [-0.25, -0.2) is 9.97 Å². The first-order chi connectivity index (χ1) is 8.34. The van der Waals surface area contributed by atoms with Crippen LogP contribution in [0.15, 0.2) is 35.3 Å². The molecule has 2 heterocycles. The maximum absolute atomic E-state index is 5.92. The number of nitrogens with zero attached hydrogens (tertiary/aromatic N) is 3. The van der Waals surface area contributed by atoms with E-state index in [1.54, 1.807) is 12.5 Å². The van der Waals surface area contributed by atoms with Crippen LogP contribution in [0.4, 0.5) is 11.5 Å². The largest absolute Gasteiger partial charge is 0.467 e. The van der Waals surface area contributed by atoms with Gasteiger partial charge in [-0.05, 0) is 25.0 Å². The summed E-state index contributed by atoms with van der Waals surface area (Å²) in [6.45, 7) is 0.707. The van der Waals surface area contributed by atoms with Gasteiger partial charge in [0.25, 0.3) is 0 Å². The molecule has 5 heteroatoms. The smallest absolute Gasteiger partial charge is 0.155 e. The molecule has 2 aromatic rings. The van der Waals surface area contributed by atoms with Gasteiger partial charge in [-0.15, -0.1) is 0 Å². The van der Waals surface area contributed by atoms with Gasteiger partial charge >= 0.3 is 0 Å². The highest BCUT2D eigenvalue weighted by Crippen LogP contribution is 2.34. The Kier molecular flexibility index (Phi) is 2.44. The van der Waals surface area contributed by atoms with Crippen LogP contribution in [0, 0.1) is 0 Å². The quantitative estimate of drug-likeness (QED) is 0.867. The highest BCUT2D eigenvalue weighted by molar-refractivity contribution is 5.62. The van der Waals surface area contributed by atoms with Gasteiger partial charge in [0.15, 0.2) is 5.82 Å². The van der Waals surface area contributed by atoms with Gasteiger partial charge in [0.2, 0.25) is 0 Å². The standard InChI is InChI=1S/C12H14N4O/c13-11-6-14-8-15-12(11)16(9-3-4-9)7-10-2-1-5-17-10/h1-2,5-6,8-9H,3-4,7,13H2. The van der Waals surface area contributed by atoms with E-state index in [0.29, 0.717) is 18.3 Å². The van der Waals surface area contributed by atoms with Crippen molar-refractivity contribution in [2.24, 2.45) is 0 Å². The van der Waals surface area contributed by atoms with E-state index >= 15 is 0 Å². The molecule has 0 atom stereocenters. The number of aromatic nitrogens is 2. The lowest BCUT2D eigenvalue weighted by Gasteiger charge is -2.23. The molecule has 3 rings (SSSR count). The van der Waals surface area contributed by atoms with Crippen LogP contribution in [0.5, 0.6) is 0 Å². The maximum atomic E-state index is 5.92. The van der Waals surface area contributed by atoms with E-state index in [0.717, 1.165) is 11.6 Å². The monoisotopic (exact) mass is 230 g/mol. The van der Waals surface area contributed by atoms with Gasteiger partial charge < -0.3 is 15.1 Å². The van der Waals surface area contributed by atoms with Crippen LogP contribution in [0.2, 0.25) is 0 Å². The van der Waals surface area contributed by atoms with Gasteiger partial charge in [0.1, 0.15) is 12.1 Å². The topological polar surface area (TPSA) is 68.2 Å². The Hall–Kier alpha value is -2.04. The molecule has 2 aromatic heterocycles. The van der Waals surface area contributed by atoms with Crippen LogP contribution in [-0.2, 0) is 6.54 Å². The van der Waals surface area contributed by atoms with E-state index in [-0.39, 0.29) is 0 Å². The van der Waals surface area contributed by atoms with Crippen LogP contribution >= 0.6 is 0 Å². The highest BCUT2D eigenvalue weighted by Gasteiger charge is 2.31. The molecule has 88 valence electrons. The first kappa shape index (κ1) is 10.1. The number of rotatable bonds is 4. The first-order valence-electron chi connectivity index (χ1n) is 5.69. The summed E-state index contributed by atoms with van der Waals surface area (Å²) in [5, 5.41) is 0.